The summed E-state index contributed by atoms with van der Waals surface area (Å²) in [6.07, 6.45) is -2.17. The predicted molar refractivity (Wildman–Crippen MR) is 96.7 cm³/mol. The lowest BCUT2D eigenvalue weighted by Gasteiger charge is -2.10. The molecule has 142 valence electrons. The molecule has 2 aromatic carbocycles. The van der Waals surface area contributed by atoms with Crippen molar-refractivity contribution >= 4 is 16.9 Å². The Labute approximate surface area is 154 Å². The van der Waals surface area contributed by atoms with E-state index in [9.17, 15) is 23.1 Å². The minimum atomic E-state index is -4.36. The Balaban J connectivity index is 1.92. The second-order valence-electron chi connectivity index (χ2n) is 6.38. The van der Waals surface area contributed by atoms with E-state index in [0.29, 0.717) is 13.0 Å². The van der Waals surface area contributed by atoms with Crippen molar-refractivity contribution in [1.82, 2.24) is 9.88 Å². The Hall–Kier alpha value is -2.80. The highest BCUT2D eigenvalue weighted by Gasteiger charge is 2.30. The quantitative estimate of drug-likeness (QED) is 0.686. The summed E-state index contributed by atoms with van der Waals surface area (Å²) in [5, 5.41) is 13.0. The number of rotatable bonds is 6. The molecule has 0 aliphatic carbocycles. The Morgan fingerprint density at radius 3 is 2.41 bits per heavy atom. The number of likely N-dealkylation sites (N-methyl/N-ethyl adjacent to an activating group) is 1. The minimum absolute atomic E-state index is 0.312. The zero-order valence-corrected chi connectivity index (χ0v) is 14.6. The molecule has 27 heavy (non-hydrogen) atoms. The molecule has 4 nitrogen and oxygen atoms in total. The van der Waals surface area contributed by atoms with Crippen molar-refractivity contribution in [1.29, 1.82) is 0 Å². The lowest BCUT2D eigenvalue weighted by molar-refractivity contribution is -0.139. The van der Waals surface area contributed by atoms with E-state index in [1.54, 1.807) is 7.05 Å². The Bertz CT molecular complexity index is 946. The van der Waals surface area contributed by atoms with Crippen molar-refractivity contribution < 1.29 is 23.1 Å². The van der Waals surface area contributed by atoms with Gasteiger partial charge in [0.1, 0.15) is 6.04 Å². The fraction of sp³-hybridized carbons (Fsp3) is 0.250. The number of alkyl halides is 3. The summed E-state index contributed by atoms with van der Waals surface area (Å²) in [4.78, 5) is 11.3. The van der Waals surface area contributed by atoms with Crippen LogP contribution >= 0.6 is 0 Å². The van der Waals surface area contributed by atoms with Crippen LogP contribution in [0.2, 0.25) is 0 Å². The van der Waals surface area contributed by atoms with Crippen LogP contribution in [-0.2, 0) is 23.9 Å². The number of hydrogen-bond donors (Lipinski definition) is 2. The average Bonchev–Trinajstić information content (AvgIpc) is 2.97. The van der Waals surface area contributed by atoms with Gasteiger partial charge in [-0.05, 0) is 36.4 Å². The molecule has 2 N–H and O–H groups in total. The topological polar surface area (TPSA) is 54.3 Å². The van der Waals surface area contributed by atoms with E-state index < -0.39 is 23.8 Å². The standard InChI is InChI=1S/C20H19F3N2O2/c1-24-17(19(26)27)10-14-12-25(18-5-3-2-4-16(14)18)11-13-6-8-15(9-7-13)20(21,22)23/h2-9,12,17,24H,10-11H2,1H3,(H,26,27)/t17-/m0/s1. The SMILES string of the molecule is CN[C@@H](Cc1cn(Cc2ccc(C(F)(F)F)cc2)c2ccccc12)C(=O)O. The van der Waals surface area contributed by atoms with Crippen molar-refractivity contribution in [2.45, 2.75) is 25.2 Å². The number of para-hydroxylation sites is 1. The van der Waals surface area contributed by atoms with Crippen molar-refractivity contribution in [3.05, 3.63) is 71.4 Å². The molecule has 0 amide bonds. The summed E-state index contributed by atoms with van der Waals surface area (Å²) in [5.41, 5.74) is 1.84. The van der Waals surface area contributed by atoms with Crippen LogP contribution in [0.3, 0.4) is 0 Å². The maximum absolute atomic E-state index is 12.7. The highest BCUT2D eigenvalue weighted by molar-refractivity contribution is 5.85. The first-order chi connectivity index (χ1) is 12.8. The molecular formula is C20H19F3N2O2. The van der Waals surface area contributed by atoms with E-state index in [2.05, 4.69) is 5.32 Å². The third-order valence-electron chi connectivity index (χ3n) is 4.58. The van der Waals surface area contributed by atoms with Gasteiger partial charge in [-0.2, -0.15) is 13.2 Å². The summed E-state index contributed by atoms with van der Waals surface area (Å²) < 4.78 is 40.1. The van der Waals surface area contributed by atoms with Crippen molar-refractivity contribution in [2.75, 3.05) is 7.05 Å². The molecular weight excluding hydrogens is 357 g/mol. The molecule has 0 radical (unpaired) electrons. The van der Waals surface area contributed by atoms with E-state index in [1.807, 2.05) is 35.0 Å². The number of benzene rings is 2. The summed E-state index contributed by atoms with van der Waals surface area (Å²) in [5.74, 6) is -0.933. The van der Waals surface area contributed by atoms with Crippen molar-refractivity contribution in [2.24, 2.45) is 0 Å². The van der Waals surface area contributed by atoms with E-state index >= 15 is 0 Å². The second kappa shape index (κ2) is 7.44. The van der Waals surface area contributed by atoms with Crippen LogP contribution in [0.15, 0.2) is 54.7 Å². The Morgan fingerprint density at radius 1 is 1.15 bits per heavy atom. The van der Waals surface area contributed by atoms with E-state index in [-0.39, 0.29) is 0 Å². The van der Waals surface area contributed by atoms with Crippen LogP contribution in [0.4, 0.5) is 13.2 Å². The fourth-order valence-electron chi connectivity index (χ4n) is 3.14. The summed E-state index contributed by atoms with van der Waals surface area (Å²) >= 11 is 0. The molecule has 3 rings (SSSR count). The van der Waals surface area contributed by atoms with Gasteiger partial charge in [-0.15, -0.1) is 0 Å². The van der Waals surface area contributed by atoms with Crippen LogP contribution in [0.25, 0.3) is 10.9 Å². The Kier molecular flexibility index (Phi) is 5.23. The van der Waals surface area contributed by atoms with Gasteiger partial charge in [-0.1, -0.05) is 30.3 Å². The number of nitrogens with zero attached hydrogens (tertiary/aromatic N) is 1. The van der Waals surface area contributed by atoms with E-state index in [4.69, 9.17) is 0 Å². The predicted octanol–water partition coefficient (Wildman–Crippen LogP) is 3.92. The molecule has 1 atom stereocenters. The van der Waals surface area contributed by atoms with Gasteiger partial charge in [0, 0.05) is 30.1 Å². The normalized spacial score (nSPS) is 13.0. The third kappa shape index (κ3) is 4.14. The smallest absolute Gasteiger partial charge is 0.416 e. The number of nitrogens with one attached hydrogen (secondary N) is 1. The molecule has 0 saturated heterocycles. The van der Waals surface area contributed by atoms with Gasteiger partial charge in [0.15, 0.2) is 0 Å². The lowest BCUT2D eigenvalue weighted by Crippen LogP contribution is -2.35. The molecule has 0 aliphatic rings. The summed E-state index contributed by atoms with van der Waals surface area (Å²) in [7, 11) is 1.60. The van der Waals surface area contributed by atoms with Crippen LogP contribution in [-0.4, -0.2) is 28.7 Å². The van der Waals surface area contributed by atoms with Gasteiger partial charge in [0.25, 0.3) is 0 Å². The van der Waals surface area contributed by atoms with Gasteiger partial charge in [0.2, 0.25) is 0 Å². The number of carboxylic acids is 1. The zero-order valence-electron chi connectivity index (χ0n) is 14.6. The zero-order chi connectivity index (χ0) is 19.6. The van der Waals surface area contributed by atoms with Crippen LogP contribution < -0.4 is 5.32 Å². The summed E-state index contributed by atoms with van der Waals surface area (Å²) in [6.45, 7) is 0.399. The largest absolute Gasteiger partial charge is 0.480 e. The van der Waals surface area contributed by atoms with Crippen LogP contribution in [0, 0.1) is 0 Å². The molecule has 0 fully saturated rings. The lowest BCUT2D eigenvalue weighted by atomic mass is 10.1. The number of fused-ring (bicyclic) bond motifs is 1. The van der Waals surface area contributed by atoms with E-state index in [1.165, 1.54) is 12.1 Å². The number of carbonyl (C=O) groups is 1. The molecule has 0 bridgehead atoms. The van der Waals surface area contributed by atoms with Crippen LogP contribution in [0.5, 0.6) is 0 Å². The Morgan fingerprint density at radius 2 is 1.81 bits per heavy atom. The monoisotopic (exact) mass is 376 g/mol. The molecule has 1 aromatic heterocycles. The summed E-state index contributed by atoms with van der Waals surface area (Å²) in [6, 6.07) is 11.9. The van der Waals surface area contributed by atoms with Crippen LogP contribution in [0.1, 0.15) is 16.7 Å². The van der Waals surface area contributed by atoms with Gasteiger partial charge in [-0.25, -0.2) is 0 Å². The highest BCUT2D eigenvalue weighted by Crippen LogP contribution is 2.29. The molecule has 0 aliphatic heterocycles. The molecule has 0 unspecified atom stereocenters. The molecule has 7 heteroatoms. The molecule has 1 heterocycles. The van der Waals surface area contributed by atoms with Gasteiger partial charge >= 0.3 is 12.1 Å². The number of aromatic nitrogens is 1. The second-order valence-corrected chi connectivity index (χ2v) is 6.38. The van der Waals surface area contributed by atoms with Gasteiger partial charge in [0.05, 0.1) is 5.56 Å². The first-order valence-corrected chi connectivity index (χ1v) is 8.42. The number of carboxylic acid groups (broad SMARTS) is 1. The number of hydrogen-bond acceptors (Lipinski definition) is 2. The number of halogens is 3. The third-order valence-corrected chi connectivity index (χ3v) is 4.58. The van der Waals surface area contributed by atoms with Gasteiger partial charge < -0.3 is 15.0 Å². The molecule has 0 spiro atoms. The van der Waals surface area contributed by atoms with Gasteiger partial charge in [-0.3, -0.25) is 4.79 Å². The first-order valence-electron chi connectivity index (χ1n) is 8.42. The van der Waals surface area contributed by atoms with Crippen molar-refractivity contribution in [3.8, 4) is 0 Å². The van der Waals surface area contributed by atoms with Crippen molar-refractivity contribution in [3.63, 3.8) is 0 Å². The maximum atomic E-state index is 12.7. The fourth-order valence-corrected chi connectivity index (χ4v) is 3.14. The van der Waals surface area contributed by atoms with E-state index in [0.717, 1.165) is 34.2 Å². The maximum Gasteiger partial charge on any atom is 0.416 e. The highest BCUT2D eigenvalue weighted by atomic mass is 19.4. The number of aliphatic carboxylic acids is 1. The minimum Gasteiger partial charge on any atom is -0.480 e. The average molecular weight is 376 g/mol. The molecule has 0 saturated carbocycles. The first kappa shape index (κ1) is 19.0. The molecule has 3 aromatic rings.